The molecule has 2 aromatic rings. The van der Waals surface area contributed by atoms with Gasteiger partial charge in [-0.2, -0.15) is 0 Å². The molecule has 20 heavy (non-hydrogen) atoms. The second-order valence-corrected chi connectivity index (χ2v) is 6.53. The van der Waals surface area contributed by atoms with Crippen molar-refractivity contribution in [1.82, 2.24) is 4.98 Å². The molecule has 1 heterocycles. The third-order valence-corrected chi connectivity index (χ3v) is 4.31. The first-order valence-corrected chi connectivity index (χ1v) is 7.38. The summed E-state index contributed by atoms with van der Waals surface area (Å²) < 4.78 is 5.30. The zero-order chi connectivity index (χ0) is 14.0. The number of nitrogens with zero attached hydrogens (tertiary/aromatic N) is 1. The van der Waals surface area contributed by atoms with Crippen LogP contribution in [0.15, 0.2) is 41.3 Å². The number of benzene rings is 1. The second-order valence-electron chi connectivity index (χ2n) is 6.53. The van der Waals surface area contributed by atoms with Crippen LogP contribution >= 0.6 is 0 Å². The molecule has 3 nitrogen and oxygen atoms in total. The molecule has 3 heteroatoms. The van der Waals surface area contributed by atoms with Gasteiger partial charge in [0.25, 0.3) is 0 Å². The van der Waals surface area contributed by atoms with Gasteiger partial charge >= 0.3 is 0 Å². The van der Waals surface area contributed by atoms with E-state index in [0.717, 1.165) is 11.3 Å². The lowest BCUT2D eigenvalue weighted by Gasteiger charge is -2.35. The molecule has 1 fully saturated rings. The van der Waals surface area contributed by atoms with Gasteiger partial charge in [0.1, 0.15) is 0 Å². The molecule has 0 aliphatic heterocycles. The molecule has 0 unspecified atom stereocenters. The molecule has 1 aliphatic rings. The Morgan fingerprint density at radius 1 is 1.15 bits per heavy atom. The number of nitrogens with one attached hydrogen (secondary N) is 1. The largest absolute Gasteiger partial charge is 0.444 e. The van der Waals surface area contributed by atoms with Crippen molar-refractivity contribution in [2.75, 3.05) is 5.32 Å². The van der Waals surface area contributed by atoms with Crippen molar-refractivity contribution >= 4 is 5.69 Å². The predicted octanol–water partition coefficient (Wildman–Crippen LogP) is 4.72. The Balaban J connectivity index is 1.61. The Morgan fingerprint density at radius 3 is 2.45 bits per heavy atom. The van der Waals surface area contributed by atoms with Crippen molar-refractivity contribution in [1.29, 1.82) is 0 Å². The van der Waals surface area contributed by atoms with Crippen LogP contribution in [-0.4, -0.2) is 11.0 Å². The summed E-state index contributed by atoms with van der Waals surface area (Å²) in [6.07, 6.45) is 8.34. The lowest BCUT2D eigenvalue weighted by molar-refractivity contribution is 0.232. The molecular weight excluding hydrogens is 248 g/mol. The average Bonchev–Trinajstić information content (AvgIpc) is 2.96. The van der Waals surface area contributed by atoms with Gasteiger partial charge in [-0.05, 0) is 55.4 Å². The summed E-state index contributed by atoms with van der Waals surface area (Å²) in [6, 6.07) is 9.01. The van der Waals surface area contributed by atoms with Crippen LogP contribution in [0.3, 0.4) is 0 Å². The molecule has 0 bridgehead atoms. The van der Waals surface area contributed by atoms with Crippen LogP contribution < -0.4 is 5.32 Å². The van der Waals surface area contributed by atoms with E-state index in [1.807, 2.05) is 0 Å². The summed E-state index contributed by atoms with van der Waals surface area (Å²) in [5.74, 6) is 0.816. The summed E-state index contributed by atoms with van der Waals surface area (Å²) >= 11 is 0. The first-order valence-electron chi connectivity index (χ1n) is 7.38. The third kappa shape index (κ3) is 3.03. The zero-order valence-electron chi connectivity index (χ0n) is 12.2. The number of oxazole rings is 1. The van der Waals surface area contributed by atoms with Gasteiger partial charge in [-0.15, -0.1) is 0 Å². The number of hydrogen-bond donors (Lipinski definition) is 1. The van der Waals surface area contributed by atoms with Gasteiger partial charge in [-0.1, -0.05) is 13.8 Å². The van der Waals surface area contributed by atoms with Gasteiger partial charge in [0.2, 0.25) is 0 Å². The summed E-state index contributed by atoms with van der Waals surface area (Å²) in [7, 11) is 0. The highest BCUT2D eigenvalue weighted by Crippen LogP contribution is 2.36. The average molecular weight is 270 g/mol. The Hall–Kier alpha value is -1.77. The Kier molecular flexibility index (Phi) is 3.51. The molecule has 0 atom stereocenters. The van der Waals surface area contributed by atoms with Crippen molar-refractivity contribution in [2.24, 2.45) is 5.41 Å². The lowest BCUT2D eigenvalue weighted by atomic mass is 9.75. The predicted molar refractivity (Wildman–Crippen MR) is 81.6 cm³/mol. The fourth-order valence-corrected chi connectivity index (χ4v) is 2.87. The summed E-state index contributed by atoms with van der Waals surface area (Å²) in [5.41, 5.74) is 2.78. The molecule has 1 aromatic carbocycles. The van der Waals surface area contributed by atoms with E-state index in [-0.39, 0.29) is 0 Å². The van der Waals surface area contributed by atoms with Gasteiger partial charge < -0.3 is 9.73 Å². The maximum Gasteiger partial charge on any atom is 0.181 e. The number of anilines is 1. The normalized spacial score (nSPS) is 18.9. The molecule has 1 aromatic heterocycles. The van der Waals surface area contributed by atoms with Crippen LogP contribution in [-0.2, 0) is 0 Å². The molecule has 1 saturated carbocycles. The van der Waals surface area contributed by atoms with Crippen LogP contribution in [0.5, 0.6) is 0 Å². The molecule has 106 valence electrons. The van der Waals surface area contributed by atoms with Gasteiger partial charge in [0, 0.05) is 17.3 Å². The minimum Gasteiger partial charge on any atom is -0.444 e. The maximum atomic E-state index is 5.30. The van der Waals surface area contributed by atoms with Crippen LogP contribution in [0.1, 0.15) is 39.5 Å². The highest BCUT2D eigenvalue weighted by atomic mass is 16.3. The molecule has 3 rings (SSSR count). The van der Waals surface area contributed by atoms with E-state index in [0.29, 0.717) is 11.5 Å². The van der Waals surface area contributed by atoms with Crippen LogP contribution in [0.2, 0.25) is 0 Å². The van der Waals surface area contributed by atoms with Gasteiger partial charge in [0.05, 0.1) is 6.20 Å². The van der Waals surface area contributed by atoms with Crippen molar-refractivity contribution < 1.29 is 4.42 Å². The fourth-order valence-electron chi connectivity index (χ4n) is 2.87. The minimum atomic E-state index is 0.522. The first-order chi connectivity index (χ1) is 9.62. The summed E-state index contributed by atoms with van der Waals surface area (Å²) in [4.78, 5) is 3.95. The minimum absolute atomic E-state index is 0.522. The SMILES string of the molecule is CC1(C)CCC(Nc2ccc(-c3cnco3)cc2)CC1. The molecule has 0 amide bonds. The Labute approximate surface area is 120 Å². The monoisotopic (exact) mass is 270 g/mol. The highest BCUT2D eigenvalue weighted by molar-refractivity contribution is 5.60. The maximum absolute atomic E-state index is 5.30. The molecule has 1 aliphatic carbocycles. The van der Waals surface area contributed by atoms with E-state index >= 15 is 0 Å². The van der Waals surface area contributed by atoms with Gasteiger partial charge in [-0.3, -0.25) is 0 Å². The second kappa shape index (κ2) is 5.31. The number of aromatic nitrogens is 1. The van der Waals surface area contributed by atoms with Crippen LogP contribution in [0, 0.1) is 5.41 Å². The van der Waals surface area contributed by atoms with E-state index in [1.54, 1.807) is 6.20 Å². The molecule has 1 N–H and O–H groups in total. The Morgan fingerprint density at radius 2 is 1.85 bits per heavy atom. The molecule has 0 radical (unpaired) electrons. The number of hydrogen-bond acceptors (Lipinski definition) is 3. The quantitative estimate of drug-likeness (QED) is 0.876. The summed E-state index contributed by atoms with van der Waals surface area (Å²) in [6.45, 7) is 4.74. The lowest BCUT2D eigenvalue weighted by Crippen LogP contribution is -2.29. The summed E-state index contributed by atoms with van der Waals surface area (Å²) in [5, 5.41) is 3.64. The van der Waals surface area contributed by atoms with E-state index in [9.17, 15) is 0 Å². The van der Waals surface area contributed by atoms with Gasteiger partial charge in [-0.25, -0.2) is 4.98 Å². The first kappa shape index (κ1) is 13.2. The zero-order valence-corrected chi connectivity index (χ0v) is 12.2. The van der Waals surface area contributed by atoms with Crippen molar-refractivity contribution in [3.63, 3.8) is 0 Å². The molecule has 0 spiro atoms. The van der Waals surface area contributed by atoms with Crippen molar-refractivity contribution in [2.45, 2.75) is 45.6 Å². The van der Waals surface area contributed by atoms with Crippen molar-refractivity contribution in [3.05, 3.63) is 36.9 Å². The topological polar surface area (TPSA) is 38.1 Å². The number of rotatable bonds is 3. The third-order valence-electron chi connectivity index (χ3n) is 4.31. The van der Waals surface area contributed by atoms with Gasteiger partial charge in [0.15, 0.2) is 12.2 Å². The molecular formula is C17H22N2O. The highest BCUT2D eigenvalue weighted by Gasteiger charge is 2.26. The Bertz CT molecular complexity index is 533. The fraction of sp³-hybridized carbons (Fsp3) is 0.471. The standard InChI is InChI=1S/C17H22N2O/c1-17(2)9-7-15(8-10-17)19-14-5-3-13(4-6-14)16-11-18-12-20-16/h3-6,11-12,15,19H,7-10H2,1-2H3. The molecule has 0 saturated heterocycles. The van der Waals surface area contributed by atoms with Crippen LogP contribution in [0.4, 0.5) is 5.69 Å². The van der Waals surface area contributed by atoms with E-state index in [1.165, 1.54) is 37.8 Å². The van der Waals surface area contributed by atoms with Crippen molar-refractivity contribution in [3.8, 4) is 11.3 Å². The van der Waals surface area contributed by atoms with E-state index < -0.39 is 0 Å². The van der Waals surface area contributed by atoms with Crippen LogP contribution in [0.25, 0.3) is 11.3 Å². The van der Waals surface area contributed by atoms with E-state index in [4.69, 9.17) is 4.42 Å². The van der Waals surface area contributed by atoms with E-state index in [2.05, 4.69) is 48.4 Å². The smallest absolute Gasteiger partial charge is 0.181 e.